The van der Waals surface area contributed by atoms with E-state index >= 15 is 0 Å². The second kappa shape index (κ2) is 7.01. The third kappa shape index (κ3) is 3.63. The van der Waals surface area contributed by atoms with Gasteiger partial charge in [-0.2, -0.15) is 5.10 Å². The van der Waals surface area contributed by atoms with Crippen LogP contribution in [0.4, 0.5) is 0 Å². The molecule has 0 aliphatic rings. The predicted molar refractivity (Wildman–Crippen MR) is 74.7 cm³/mol. The van der Waals surface area contributed by atoms with Gasteiger partial charge in [0.15, 0.2) is 10.6 Å². The van der Waals surface area contributed by atoms with Crippen molar-refractivity contribution < 1.29 is 5.11 Å². The maximum absolute atomic E-state index is 9.17. The first-order valence-corrected chi connectivity index (χ1v) is 6.90. The molecule has 0 saturated carbocycles. The fourth-order valence-corrected chi connectivity index (χ4v) is 2.01. The van der Waals surface area contributed by atoms with Crippen LogP contribution < -0.4 is 0 Å². The van der Waals surface area contributed by atoms with Crippen LogP contribution in [0.5, 0.6) is 0 Å². The van der Waals surface area contributed by atoms with Crippen LogP contribution in [0.3, 0.4) is 0 Å². The molecule has 1 aromatic heterocycles. The number of nitrogens with zero attached hydrogens (tertiary/aromatic N) is 4. The van der Waals surface area contributed by atoms with Gasteiger partial charge in [-0.25, -0.2) is 4.68 Å². The zero-order valence-electron chi connectivity index (χ0n) is 11.8. The molecule has 1 aromatic rings. The van der Waals surface area contributed by atoms with Gasteiger partial charge in [0.25, 0.3) is 0 Å². The first-order chi connectivity index (χ1) is 8.53. The summed E-state index contributed by atoms with van der Waals surface area (Å²) in [6, 6.07) is 0. The Morgan fingerprint density at radius 1 is 1.44 bits per heavy atom. The Bertz CT molecular complexity index is 426. The van der Waals surface area contributed by atoms with Crippen molar-refractivity contribution in [2.24, 2.45) is 13.0 Å². The van der Waals surface area contributed by atoms with E-state index in [4.69, 9.17) is 12.2 Å². The van der Waals surface area contributed by atoms with E-state index in [9.17, 15) is 5.11 Å². The van der Waals surface area contributed by atoms with Crippen molar-refractivity contribution in [3.05, 3.63) is 10.6 Å². The van der Waals surface area contributed by atoms with Gasteiger partial charge in [-0.05, 0) is 24.7 Å². The number of aliphatic hydroxyl groups excluding tert-OH is 1. The smallest absolute Gasteiger partial charge is 0.198 e. The summed E-state index contributed by atoms with van der Waals surface area (Å²) < 4.78 is 4.20. The average molecular weight is 272 g/mol. The van der Waals surface area contributed by atoms with Crippen molar-refractivity contribution in [3.8, 4) is 0 Å². The summed E-state index contributed by atoms with van der Waals surface area (Å²) in [4.78, 5) is 2.32. The summed E-state index contributed by atoms with van der Waals surface area (Å²) in [5.74, 6) is 1.28. The SMILES string of the molecule is CCC(C)CN(CC)Cn1nc(CO)n(C)c1=S. The predicted octanol–water partition coefficient (Wildman–Crippen LogP) is 1.77. The van der Waals surface area contributed by atoms with E-state index in [1.54, 1.807) is 9.25 Å². The third-order valence-electron chi connectivity index (χ3n) is 3.32. The molecule has 1 atom stereocenters. The number of aliphatic hydroxyl groups is 1. The summed E-state index contributed by atoms with van der Waals surface area (Å²) in [7, 11) is 1.84. The summed E-state index contributed by atoms with van der Waals surface area (Å²) in [5.41, 5.74) is 0. The molecular weight excluding hydrogens is 248 g/mol. The molecule has 18 heavy (non-hydrogen) atoms. The molecule has 0 fully saturated rings. The van der Waals surface area contributed by atoms with E-state index in [1.165, 1.54) is 6.42 Å². The highest BCUT2D eigenvalue weighted by molar-refractivity contribution is 7.71. The van der Waals surface area contributed by atoms with Crippen LogP contribution in [0, 0.1) is 10.7 Å². The summed E-state index contributed by atoms with van der Waals surface area (Å²) >= 11 is 5.31. The normalized spacial score (nSPS) is 13.2. The lowest BCUT2D eigenvalue weighted by molar-refractivity contribution is 0.185. The Balaban J connectivity index is 2.79. The Morgan fingerprint density at radius 3 is 2.56 bits per heavy atom. The van der Waals surface area contributed by atoms with Gasteiger partial charge in [0.1, 0.15) is 6.61 Å². The molecule has 0 aromatic carbocycles. The minimum Gasteiger partial charge on any atom is -0.388 e. The van der Waals surface area contributed by atoms with Crippen molar-refractivity contribution in [2.45, 2.75) is 40.5 Å². The Labute approximate surface area is 114 Å². The van der Waals surface area contributed by atoms with Crippen LogP contribution in [0.1, 0.15) is 33.0 Å². The lowest BCUT2D eigenvalue weighted by Gasteiger charge is -2.23. The molecule has 1 unspecified atom stereocenters. The van der Waals surface area contributed by atoms with Crippen LogP contribution in [-0.4, -0.2) is 37.4 Å². The molecular formula is C12H24N4OS. The molecule has 0 aliphatic carbocycles. The Kier molecular flexibility index (Phi) is 5.98. The molecule has 104 valence electrons. The van der Waals surface area contributed by atoms with Crippen molar-refractivity contribution >= 4 is 12.2 Å². The highest BCUT2D eigenvalue weighted by Gasteiger charge is 2.11. The quantitative estimate of drug-likeness (QED) is 0.769. The standard InChI is InChI=1S/C12H24N4OS/c1-5-10(3)7-15(6-2)9-16-12(18)14(4)11(8-17)13-16/h10,17H,5-9H2,1-4H3. The lowest BCUT2D eigenvalue weighted by Crippen LogP contribution is -2.31. The molecule has 0 bridgehead atoms. The van der Waals surface area contributed by atoms with Crippen LogP contribution in [-0.2, 0) is 20.3 Å². The summed E-state index contributed by atoms with van der Waals surface area (Å²) in [5, 5.41) is 13.5. The topological polar surface area (TPSA) is 46.2 Å². The fourth-order valence-electron chi connectivity index (χ4n) is 1.81. The van der Waals surface area contributed by atoms with Gasteiger partial charge >= 0.3 is 0 Å². The van der Waals surface area contributed by atoms with Crippen LogP contribution >= 0.6 is 12.2 Å². The van der Waals surface area contributed by atoms with Crippen molar-refractivity contribution in [2.75, 3.05) is 13.1 Å². The van der Waals surface area contributed by atoms with Gasteiger partial charge in [-0.1, -0.05) is 27.2 Å². The van der Waals surface area contributed by atoms with E-state index in [0.717, 1.165) is 13.1 Å². The largest absolute Gasteiger partial charge is 0.388 e. The number of rotatable bonds is 7. The highest BCUT2D eigenvalue weighted by atomic mass is 32.1. The maximum atomic E-state index is 9.17. The summed E-state index contributed by atoms with van der Waals surface area (Å²) in [6.07, 6.45) is 1.17. The monoisotopic (exact) mass is 272 g/mol. The first-order valence-electron chi connectivity index (χ1n) is 6.49. The second-order valence-corrected chi connectivity index (χ2v) is 5.11. The van der Waals surface area contributed by atoms with Gasteiger partial charge in [-0.3, -0.25) is 4.90 Å². The highest BCUT2D eigenvalue weighted by Crippen LogP contribution is 2.06. The van der Waals surface area contributed by atoms with E-state index in [-0.39, 0.29) is 6.61 Å². The molecule has 5 nitrogen and oxygen atoms in total. The van der Waals surface area contributed by atoms with Crippen molar-refractivity contribution in [1.29, 1.82) is 0 Å². The van der Waals surface area contributed by atoms with Crippen LogP contribution in [0.25, 0.3) is 0 Å². The Hall–Kier alpha value is -0.720. The molecule has 0 amide bonds. The van der Waals surface area contributed by atoms with Crippen LogP contribution in [0.15, 0.2) is 0 Å². The zero-order valence-corrected chi connectivity index (χ0v) is 12.6. The fraction of sp³-hybridized carbons (Fsp3) is 0.833. The minimum atomic E-state index is -0.0787. The van der Waals surface area contributed by atoms with E-state index < -0.39 is 0 Å². The van der Waals surface area contributed by atoms with E-state index in [2.05, 4.69) is 30.8 Å². The Morgan fingerprint density at radius 2 is 2.11 bits per heavy atom. The molecule has 0 radical (unpaired) electrons. The molecule has 1 heterocycles. The maximum Gasteiger partial charge on any atom is 0.198 e. The van der Waals surface area contributed by atoms with E-state index in [1.807, 2.05) is 7.05 Å². The van der Waals surface area contributed by atoms with Crippen LogP contribution in [0.2, 0.25) is 0 Å². The number of hydrogen-bond acceptors (Lipinski definition) is 4. The third-order valence-corrected chi connectivity index (χ3v) is 3.81. The molecule has 0 aliphatic heterocycles. The molecule has 1 N–H and O–H groups in total. The lowest BCUT2D eigenvalue weighted by atomic mass is 10.1. The molecule has 6 heteroatoms. The van der Waals surface area contributed by atoms with Gasteiger partial charge in [0.05, 0.1) is 6.67 Å². The first kappa shape index (κ1) is 15.3. The average Bonchev–Trinajstić information content (AvgIpc) is 2.65. The number of aromatic nitrogens is 3. The van der Waals surface area contributed by atoms with Gasteiger partial charge < -0.3 is 9.67 Å². The van der Waals surface area contributed by atoms with Crippen molar-refractivity contribution in [3.63, 3.8) is 0 Å². The van der Waals surface area contributed by atoms with Gasteiger partial charge in [0.2, 0.25) is 0 Å². The van der Waals surface area contributed by atoms with Crippen molar-refractivity contribution in [1.82, 2.24) is 19.2 Å². The molecule has 0 spiro atoms. The minimum absolute atomic E-state index is 0.0787. The van der Waals surface area contributed by atoms with E-state index in [0.29, 0.717) is 23.2 Å². The second-order valence-electron chi connectivity index (χ2n) is 4.74. The van der Waals surface area contributed by atoms with Gasteiger partial charge in [0, 0.05) is 13.6 Å². The zero-order chi connectivity index (χ0) is 13.7. The van der Waals surface area contributed by atoms with Gasteiger partial charge in [-0.15, -0.1) is 0 Å². The molecule has 0 saturated heterocycles. The molecule has 1 rings (SSSR count). The number of hydrogen-bond donors (Lipinski definition) is 1. The summed E-state index contributed by atoms with van der Waals surface area (Å²) in [6.45, 7) is 9.21.